The Balaban J connectivity index is 1.61. The van der Waals surface area contributed by atoms with E-state index in [0.29, 0.717) is 26.2 Å². The molecule has 3 rings (SSSR count). The maximum atomic E-state index is 12.8. The van der Waals surface area contributed by atoms with Crippen LogP contribution in [0.15, 0.2) is 29.3 Å². The predicted molar refractivity (Wildman–Crippen MR) is 124 cm³/mol. The normalized spacial score (nSPS) is 18.5. The zero-order chi connectivity index (χ0) is 22.3. The van der Waals surface area contributed by atoms with E-state index in [9.17, 15) is 9.59 Å². The van der Waals surface area contributed by atoms with Gasteiger partial charge < -0.3 is 25.8 Å². The molecule has 2 amide bonds. The predicted octanol–water partition coefficient (Wildman–Crippen LogP) is 1.33. The molecule has 2 fully saturated rings. The van der Waals surface area contributed by atoms with Crippen LogP contribution in [0, 0.1) is 5.41 Å². The Hall–Kier alpha value is -2.77. The van der Waals surface area contributed by atoms with Crippen molar-refractivity contribution in [3.05, 3.63) is 29.8 Å². The number of amides is 2. The molecule has 0 radical (unpaired) electrons. The number of guanidine groups is 1. The summed E-state index contributed by atoms with van der Waals surface area (Å²) in [6.07, 6.45) is 4.04. The van der Waals surface area contributed by atoms with Gasteiger partial charge in [0, 0.05) is 46.0 Å². The summed E-state index contributed by atoms with van der Waals surface area (Å²) < 4.78 is 0. The molecule has 0 bridgehead atoms. The first kappa shape index (κ1) is 22.9. The summed E-state index contributed by atoms with van der Waals surface area (Å²) in [6.45, 7) is 5.86. The van der Waals surface area contributed by atoms with Crippen molar-refractivity contribution in [1.29, 1.82) is 0 Å². The maximum Gasteiger partial charge on any atom is 0.239 e. The van der Waals surface area contributed by atoms with Gasteiger partial charge in [0.25, 0.3) is 0 Å². The van der Waals surface area contributed by atoms with E-state index >= 15 is 0 Å². The number of carbonyl (C=O) groups is 2. The van der Waals surface area contributed by atoms with E-state index < -0.39 is 0 Å². The minimum Gasteiger partial charge on any atom is -0.360 e. The van der Waals surface area contributed by atoms with Crippen LogP contribution in [0.4, 0.5) is 5.69 Å². The van der Waals surface area contributed by atoms with E-state index in [1.165, 1.54) is 0 Å². The second-order valence-electron chi connectivity index (χ2n) is 8.67. The molecule has 31 heavy (non-hydrogen) atoms. The van der Waals surface area contributed by atoms with Crippen molar-refractivity contribution >= 4 is 23.5 Å². The van der Waals surface area contributed by atoms with Crippen LogP contribution in [-0.4, -0.2) is 69.5 Å². The highest BCUT2D eigenvalue weighted by Gasteiger charge is 2.42. The summed E-state index contributed by atoms with van der Waals surface area (Å²) in [7, 11) is 3.67. The number of nitrogens with one attached hydrogen (secondary N) is 3. The van der Waals surface area contributed by atoms with E-state index in [2.05, 4.69) is 33.0 Å². The Morgan fingerprint density at radius 2 is 1.90 bits per heavy atom. The highest BCUT2D eigenvalue weighted by molar-refractivity contribution is 5.85. The van der Waals surface area contributed by atoms with Crippen LogP contribution in [0.5, 0.6) is 0 Å². The smallest absolute Gasteiger partial charge is 0.239 e. The number of rotatable bonds is 7. The van der Waals surface area contributed by atoms with Crippen LogP contribution in [-0.2, 0) is 16.1 Å². The van der Waals surface area contributed by atoms with Crippen molar-refractivity contribution in [2.45, 2.75) is 39.2 Å². The Bertz CT molecular complexity index is 784. The maximum absolute atomic E-state index is 12.8. The fourth-order valence-corrected chi connectivity index (χ4v) is 4.43. The second-order valence-corrected chi connectivity index (χ2v) is 8.67. The Labute approximate surface area is 185 Å². The molecule has 0 atom stereocenters. The van der Waals surface area contributed by atoms with Crippen LogP contribution in [0.25, 0.3) is 0 Å². The van der Waals surface area contributed by atoms with Crippen LogP contribution in [0.1, 0.15) is 38.2 Å². The highest BCUT2D eigenvalue weighted by Crippen LogP contribution is 2.38. The Kier molecular flexibility index (Phi) is 7.76. The first-order chi connectivity index (χ1) is 14.9. The number of nitrogens with zero attached hydrogens (tertiary/aromatic N) is 3. The van der Waals surface area contributed by atoms with Crippen LogP contribution < -0.4 is 20.9 Å². The summed E-state index contributed by atoms with van der Waals surface area (Å²) >= 11 is 0. The van der Waals surface area contributed by atoms with Gasteiger partial charge in [-0.25, -0.2) is 4.99 Å². The number of aliphatic imine (C=N–C) groups is 1. The number of benzene rings is 1. The van der Waals surface area contributed by atoms with Crippen LogP contribution >= 0.6 is 0 Å². The highest BCUT2D eigenvalue weighted by atomic mass is 16.2. The number of hydrogen-bond donors (Lipinski definition) is 3. The summed E-state index contributed by atoms with van der Waals surface area (Å²) in [5.74, 6) is 1.00. The zero-order valence-corrected chi connectivity index (χ0v) is 19.0. The first-order valence-corrected chi connectivity index (χ1v) is 11.3. The lowest BCUT2D eigenvalue weighted by Crippen LogP contribution is -2.49. The van der Waals surface area contributed by atoms with Gasteiger partial charge in [-0.15, -0.1) is 0 Å². The van der Waals surface area contributed by atoms with Crippen molar-refractivity contribution < 1.29 is 9.59 Å². The lowest BCUT2D eigenvalue weighted by atomic mass is 9.84. The molecule has 1 aromatic rings. The number of carbonyl (C=O) groups excluding carboxylic acids is 2. The SMILES string of the molecule is CCNC(=NCc1ccc(N2CCNC(=O)C2)cc1)NCC1(C(=O)N(C)C)CCCC1. The lowest BCUT2D eigenvalue weighted by molar-refractivity contribution is -0.138. The number of anilines is 1. The molecule has 0 spiro atoms. The Morgan fingerprint density at radius 1 is 1.19 bits per heavy atom. The van der Waals surface area contributed by atoms with Crippen molar-refractivity contribution in [3.63, 3.8) is 0 Å². The third kappa shape index (κ3) is 5.89. The first-order valence-electron chi connectivity index (χ1n) is 11.3. The van der Waals surface area contributed by atoms with Gasteiger partial charge in [0.05, 0.1) is 18.5 Å². The van der Waals surface area contributed by atoms with Crippen molar-refractivity contribution in [2.75, 3.05) is 51.7 Å². The molecule has 1 aliphatic heterocycles. The van der Waals surface area contributed by atoms with Gasteiger partial charge in [0.2, 0.25) is 11.8 Å². The molecular weight excluding hydrogens is 392 g/mol. The minimum atomic E-state index is -0.331. The summed E-state index contributed by atoms with van der Waals surface area (Å²) in [5, 5.41) is 9.56. The third-order valence-electron chi connectivity index (χ3n) is 6.12. The average molecular weight is 429 g/mol. The average Bonchev–Trinajstić information content (AvgIpc) is 3.25. The summed E-state index contributed by atoms with van der Waals surface area (Å²) in [5.41, 5.74) is 1.82. The van der Waals surface area contributed by atoms with Crippen molar-refractivity contribution in [2.24, 2.45) is 10.4 Å². The Morgan fingerprint density at radius 3 is 2.52 bits per heavy atom. The fourth-order valence-electron chi connectivity index (χ4n) is 4.43. The number of piperazine rings is 1. The third-order valence-corrected chi connectivity index (χ3v) is 6.12. The summed E-state index contributed by atoms with van der Waals surface area (Å²) in [4.78, 5) is 32.9. The lowest BCUT2D eigenvalue weighted by Gasteiger charge is -2.31. The van der Waals surface area contributed by atoms with Crippen LogP contribution in [0.3, 0.4) is 0 Å². The molecule has 0 unspecified atom stereocenters. The van der Waals surface area contributed by atoms with E-state index in [4.69, 9.17) is 4.99 Å². The molecule has 8 nitrogen and oxygen atoms in total. The molecule has 170 valence electrons. The quantitative estimate of drug-likeness (QED) is 0.450. The van der Waals surface area contributed by atoms with E-state index in [0.717, 1.165) is 56.0 Å². The molecule has 3 N–H and O–H groups in total. The minimum absolute atomic E-state index is 0.0639. The molecule has 1 saturated heterocycles. The fraction of sp³-hybridized carbons (Fsp3) is 0.609. The van der Waals surface area contributed by atoms with Gasteiger partial charge in [-0.3, -0.25) is 9.59 Å². The van der Waals surface area contributed by atoms with E-state index in [-0.39, 0.29) is 17.2 Å². The molecule has 8 heteroatoms. The van der Waals surface area contributed by atoms with Gasteiger partial charge in [-0.1, -0.05) is 25.0 Å². The van der Waals surface area contributed by atoms with Crippen molar-refractivity contribution in [1.82, 2.24) is 20.9 Å². The van der Waals surface area contributed by atoms with Gasteiger partial charge in [0.15, 0.2) is 5.96 Å². The van der Waals surface area contributed by atoms with Gasteiger partial charge in [-0.05, 0) is 37.5 Å². The van der Waals surface area contributed by atoms with Gasteiger partial charge in [-0.2, -0.15) is 0 Å². The zero-order valence-electron chi connectivity index (χ0n) is 19.0. The van der Waals surface area contributed by atoms with E-state index in [1.807, 2.05) is 33.2 Å². The van der Waals surface area contributed by atoms with E-state index in [1.54, 1.807) is 4.90 Å². The molecule has 0 aromatic heterocycles. The van der Waals surface area contributed by atoms with Crippen molar-refractivity contribution in [3.8, 4) is 0 Å². The topological polar surface area (TPSA) is 89.1 Å². The molecular formula is C23H36N6O2. The largest absolute Gasteiger partial charge is 0.360 e. The molecule has 1 saturated carbocycles. The second kappa shape index (κ2) is 10.5. The number of hydrogen-bond acceptors (Lipinski definition) is 4. The van der Waals surface area contributed by atoms with Gasteiger partial charge >= 0.3 is 0 Å². The van der Waals surface area contributed by atoms with Gasteiger partial charge in [0.1, 0.15) is 0 Å². The monoisotopic (exact) mass is 428 g/mol. The molecule has 2 aliphatic rings. The molecule has 1 aliphatic carbocycles. The summed E-state index contributed by atoms with van der Waals surface area (Å²) in [6, 6.07) is 8.21. The molecule has 1 aromatic carbocycles. The van der Waals surface area contributed by atoms with Crippen LogP contribution in [0.2, 0.25) is 0 Å². The molecule has 1 heterocycles. The standard InChI is InChI=1S/C23H36N6O2/c1-4-24-22(27-17-23(11-5-6-12-23)21(31)28(2)3)26-15-18-7-9-19(10-8-18)29-14-13-25-20(30)16-29/h7-10H,4-6,11-17H2,1-3H3,(H,25,30)(H2,24,26,27).